The van der Waals surface area contributed by atoms with Crippen molar-refractivity contribution >= 4 is 23.2 Å². The average molecular weight is 377 g/mol. The summed E-state index contributed by atoms with van der Waals surface area (Å²) < 4.78 is 11.3. The molecule has 140 valence electrons. The summed E-state index contributed by atoms with van der Waals surface area (Å²) in [5.74, 6) is 0.892. The lowest BCUT2D eigenvalue weighted by Crippen LogP contribution is -2.19. The molecule has 0 bridgehead atoms. The van der Waals surface area contributed by atoms with Crippen LogP contribution in [0.15, 0.2) is 42.5 Å². The van der Waals surface area contributed by atoms with E-state index in [-0.39, 0.29) is 12.0 Å². The first-order valence-corrected chi connectivity index (χ1v) is 8.88. The minimum absolute atomic E-state index is 0.0167. The highest BCUT2D eigenvalue weighted by Crippen LogP contribution is 2.28. The second kappa shape index (κ2) is 9.46. The fraction of sp³-hybridized carbons (Fsp3) is 0.350. The smallest absolute Gasteiger partial charge is 0.259 e. The Balaban J connectivity index is 2.07. The molecule has 0 saturated carbocycles. The molecule has 0 fully saturated rings. The van der Waals surface area contributed by atoms with Crippen molar-refractivity contribution in [2.45, 2.75) is 20.0 Å². The van der Waals surface area contributed by atoms with Crippen molar-refractivity contribution in [1.82, 2.24) is 4.90 Å². The molecule has 5 nitrogen and oxygen atoms in total. The molecule has 0 radical (unpaired) electrons. The van der Waals surface area contributed by atoms with Gasteiger partial charge in [-0.05, 0) is 58.3 Å². The molecule has 2 aromatic carbocycles. The van der Waals surface area contributed by atoms with Gasteiger partial charge in [0.15, 0.2) is 0 Å². The normalized spacial score (nSPS) is 10.9. The highest BCUT2D eigenvalue weighted by atomic mass is 35.5. The van der Waals surface area contributed by atoms with E-state index in [0.717, 1.165) is 6.54 Å². The van der Waals surface area contributed by atoms with E-state index in [2.05, 4.69) is 5.32 Å². The molecule has 26 heavy (non-hydrogen) atoms. The minimum Gasteiger partial charge on any atom is -0.491 e. The van der Waals surface area contributed by atoms with Gasteiger partial charge >= 0.3 is 0 Å². The first-order chi connectivity index (χ1) is 12.4. The summed E-state index contributed by atoms with van der Waals surface area (Å²) in [5.41, 5.74) is 1.07. The van der Waals surface area contributed by atoms with Crippen LogP contribution in [0.1, 0.15) is 24.2 Å². The van der Waals surface area contributed by atoms with Crippen molar-refractivity contribution in [3.63, 3.8) is 0 Å². The van der Waals surface area contributed by atoms with Gasteiger partial charge in [0.1, 0.15) is 18.1 Å². The molecule has 0 aromatic heterocycles. The Kier molecular flexibility index (Phi) is 7.30. The van der Waals surface area contributed by atoms with Crippen LogP contribution in [0.5, 0.6) is 11.5 Å². The number of amides is 1. The predicted molar refractivity (Wildman–Crippen MR) is 106 cm³/mol. The van der Waals surface area contributed by atoms with Gasteiger partial charge in [0.2, 0.25) is 0 Å². The van der Waals surface area contributed by atoms with Crippen molar-refractivity contribution < 1.29 is 14.3 Å². The number of ether oxygens (including phenoxy) is 2. The molecule has 0 aliphatic carbocycles. The molecule has 0 aliphatic heterocycles. The number of carbonyl (C=O) groups is 1. The van der Waals surface area contributed by atoms with Crippen LogP contribution in [0.2, 0.25) is 5.02 Å². The largest absolute Gasteiger partial charge is 0.491 e. The number of rotatable bonds is 8. The van der Waals surface area contributed by atoms with Gasteiger partial charge in [-0.2, -0.15) is 0 Å². The fourth-order valence-electron chi connectivity index (χ4n) is 2.24. The van der Waals surface area contributed by atoms with Crippen LogP contribution >= 0.6 is 11.6 Å². The van der Waals surface area contributed by atoms with Gasteiger partial charge < -0.3 is 19.7 Å². The Bertz CT molecular complexity index is 748. The first-order valence-electron chi connectivity index (χ1n) is 8.51. The molecule has 0 unspecified atom stereocenters. The Labute approximate surface area is 159 Å². The second-order valence-electron chi connectivity index (χ2n) is 6.41. The Morgan fingerprint density at radius 3 is 2.54 bits per heavy atom. The summed E-state index contributed by atoms with van der Waals surface area (Å²) in [5, 5.41) is 3.30. The van der Waals surface area contributed by atoms with E-state index in [1.165, 1.54) is 0 Å². The number of nitrogens with one attached hydrogen (secondary N) is 1. The number of halogens is 1. The summed E-state index contributed by atoms with van der Waals surface area (Å²) in [6.45, 7) is 5.17. The van der Waals surface area contributed by atoms with Crippen LogP contribution in [0, 0.1) is 0 Å². The van der Waals surface area contributed by atoms with Crippen LogP contribution in [0.25, 0.3) is 0 Å². The molecule has 2 rings (SSSR count). The van der Waals surface area contributed by atoms with Crippen molar-refractivity contribution in [3.05, 3.63) is 53.1 Å². The summed E-state index contributed by atoms with van der Waals surface area (Å²) >= 11 is 6.26. The highest BCUT2D eigenvalue weighted by molar-refractivity contribution is 6.32. The van der Waals surface area contributed by atoms with Crippen LogP contribution in [0.3, 0.4) is 0 Å². The second-order valence-corrected chi connectivity index (χ2v) is 6.82. The zero-order valence-electron chi connectivity index (χ0n) is 15.6. The van der Waals surface area contributed by atoms with E-state index in [4.69, 9.17) is 21.1 Å². The lowest BCUT2D eigenvalue weighted by atomic mass is 10.1. The minimum atomic E-state index is -0.251. The first kappa shape index (κ1) is 20.1. The summed E-state index contributed by atoms with van der Waals surface area (Å²) in [7, 11) is 3.95. The summed E-state index contributed by atoms with van der Waals surface area (Å²) in [6, 6.07) is 12.3. The van der Waals surface area contributed by atoms with Gasteiger partial charge in [0, 0.05) is 12.2 Å². The van der Waals surface area contributed by atoms with Gasteiger partial charge in [0.25, 0.3) is 5.91 Å². The Morgan fingerprint density at radius 2 is 1.88 bits per heavy atom. The van der Waals surface area contributed by atoms with E-state index in [1.807, 2.05) is 38.9 Å². The highest BCUT2D eigenvalue weighted by Gasteiger charge is 2.14. The van der Waals surface area contributed by atoms with Gasteiger partial charge in [-0.3, -0.25) is 4.79 Å². The monoisotopic (exact) mass is 376 g/mol. The average Bonchev–Trinajstić information content (AvgIpc) is 2.56. The van der Waals surface area contributed by atoms with Gasteiger partial charge in [0.05, 0.1) is 16.7 Å². The third kappa shape index (κ3) is 5.93. The topological polar surface area (TPSA) is 50.8 Å². The standard InChI is InChI=1S/C20H25ClN2O3/c1-14(2)26-18-8-6-5-7-16(18)20(24)22-15-9-10-19(17(21)13-15)25-12-11-23(3)4/h5-10,13-14H,11-12H2,1-4H3,(H,22,24). The van der Waals surface area contributed by atoms with E-state index in [1.54, 1.807) is 36.4 Å². The maximum Gasteiger partial charge on any atom is 0.259 e. The van der Waals surface area contributed by atoms with Crippen LogP contribution in [-0.4, -0.2) is 44.2 Å². The molecule has 0 heterocycles. The van der Waals surface area contributed by atoms with E-state index in [9.17, 15) is 4.79 Å². The molecule has 6 heteroatoms. The number of benzene rings is 2. The zero-order chi connectivity index (χ0) is 19.1. The van der Waals surface area contributed by atoms with E-state index < -0.39 is 0 Å². The van der Waals surface area contributed by atoms with Crippen molar-refractivity contribution in [3.8, 4) is 11.5 Å². The molecule has 0 atom stereocenters. The fourth-order valence-corrected chi connectivity index (χ4v) is 2.48. The number of anilines is 1. The lowest BCUT2D eigenvalue weighted by molar-refractivity contribution is 0.102. The van der Waals surface area contributed by atoms with Crippen molar-refractivity contribution in [1.29, 1.82) is 0 Å². The molecule has 1 amide bonds. The molecule has 0 saturated heterocycles. The SMILES string of the molecule is CC(C)Oc1ccccc1C(=O)Nc1ccc(OCCN(C)C)c(Cl)c1. The Hall–Kier alpha value is -2.24. The molecule has 0 spiro atoms. The molecular formula is C20H25ClN2O3. The molecule has 0 aliphatic rings. The summed E-state index contributed by atoms with van der Waals surface area (Å²) in [4.78, 5) is 14.6. The number of nitrogens with zero attached hydrogens (tertiary/aromatic N) is 1. The summed E-state index contributed by atoms with van der Waals surface area (Å²) in [6.07, 6.45) is -0.0167. The van der Waals surface area contributed by atoms with Crippen molar-refractivity contribution in [2.24, 2.45) is 0 Å². The van der Waals surface area contributed by atoms with Crippen LogP contribution in [-0.2, 0) is 0 Å². The molecule has 2 aromatic rings. The van der Waals surface area contributed by atoms with Crippen molar-refractivity contribution in [2.75, 3.05) is 32.6 Å². The number of hydrogen-bond donors (Lipinski definition) is 1. The maximum absolute atomic E-state index is 12.6. The lowest BCUT2D eigenvalue weighted by Gasteiger charge is -2.15. The quantitative estimate of drug-likeness (QED) is 0.745. The predicted octanol–water partition coefficient (Wildman–Crippen LogP) is 4.32. The molecule has 1 N–H and O–H groups in total. The van der Waals surface area contributed by atoms with Gasteiger partial charge in [-0.15, -0.1) is 0 Å². The third-order valence-corrected chi connectivity index (χ3v) is 3.78. The zero-order valence-corrected chi connectivity index (χ0v) is 16.3. The van der Waals surface area contributed by atoms with E-state index >= 15 is 0 Å². The Morgan fingerprint density at radius 1 is 1.15 bits per heavy atom. The third-order valence-electron chi connectivity index (χ3n) is 3.48. The maximum atomic E-state index is 12.6. The van der Waals surface area contributed by atoms with Gasteiger partial charge in [-0.1, -0.05) is 23.7 Å². The number of para-hydroxylation sites is 1. The number of carbonyl (C=O) groups excluding carboxylic acids is 1. The number of hydrogen-bond acceptors (Lipinski definition) is 4. The van der Waals surface area contributed by atoms with E-state index in [0.29, 0.717) is 34.4 Å². The van der Waals surface area contributed by atoms with Crippen LogP contribution < -0.4 is 14.8 Å². The number of likely N-dealkylation sites (N-methyl/N-ethyl adjacent to an activating group) is 1. The van der Waals surface area contributed by atoms with Gasteiger partial charge in [-0.25, -0.2) is 0 Å². The molecular weight excluding hydrogens is 352 g/mol. The van der Waals surface area contributed by atoms with Crippen LogP contribution in [0.4, 0.5) is 5.69 Å².